The fourth-order valence-corrected chi connectivity index (χ4v) is 3.69. The van der Waals surface area contributed by atoms with E-state index in [4.69, 9.17) is 0 Å². The molecule has 8 heteroatoms. The number of aromatic nitrogens is 3. The zero-order valence-electron chi connectivity index (χ0n) is 14.5. The average Bonchev–Trinajstić information content (AvgIpc) is 3.22. The van der Waals surface area contributed by atoms with Crippen molar-refractivity contribution in [2.75, 3.05) is 23.3 Å². The number of hydrogen-bond acceptors (Lipinski definition) is 6. The molecule has 3 heterocycles. The molecular formula is C19H18FN5OS. The van der Waals surface area contributed by atoms with Crippen molar-refractivity contribution in [2.45, 2.75) is 12.8 Å². The Hall–Kier alpha value is -2.87. The summed E-state index contributed by atoms with van der Waals surface area (Å²) in [5, 5.41) is 13.9. The van der Waals surface area contributed by atoms with Crippen LogP contribution in [0.1, 0.15) is 12.8 Å². The first-order chi connectivity index (χ1) is 13.2. The molecule has 4 rings (SSSR count). The average molecular weight is 383 g/mol. The molecule has 1 atom stereocenters. The molecule has 2 aromatic heterocycles. The van der Waals surface area contributed by atoms with Crippen LogP contribution in [-0.2, 0) is 4.79 Å². The minimum Gasteiger partial charge on any atom is -0.354 e. The summed E-state index contributed by atoms with van der Waals surface area (Å²) in [6.45, 7) is 1.44. The summed E-state index contributed by atoms with van der Waals surface area (Å²) >= 11 is 1.41. The number of nitrogens with zero attached hydrogens (tertiary/aromatic N) is 4. The van der Waals surface area contributed by atoms with Crippen molar-refractivity contribution in [3.8, 4) is 11.3 Å². The maximum atomic E-state index is 13.1. The smallest absolute Gasteiger partial charge is 0.231 e. The van der Waals surface area contributed by atoms with Gasteiger partial charge in [-0.05, 0) is 49.2 Å². The number of halogens is 1. The SMILES string of the molecule is O=C(Nc1nccs1)C1CCCN(c2ccc(-c3ccc(F)cc3)nn2)C1. The van der Waals surface area contributed by atoms with E-state index in [0.29, 0.717) is 17.4 Å². The molecule has 0 bridgehead atoms. The molecule has 1 saturated heterocycles. The second-order valence-electron chi connectivity index (χ2n) is 6.40. The molecule has 1 aromatic carbocycles. The summed E-state index contributed by atoms with van der Waals surface area (Å²) in [6, 6.07) is 9.93. The van der Waals surface area contributed by atoms with Crippen LogP contribution < -0.4 is 10.2 Å². The number of thiazole rings is 1. The second-order valence-corrected chi connectivity index (χ2v) is 7.29. The van der Waals surface area contributed by atoms with Crippen molar-refractivity contribution >= 4 is 28.2 Å². The van der Waals surface area contributed by atoms with Crippen molar-refractivity contribution in [2.24, 2.45) is 5.92 Å². The topological polar surface area (TPSA) is 71.0 Å². The van der Waals surface area contributed by atoms with Gasteiger partial charge in [0.1, 0.15) is 5.82 Å². The highest BCUT2D eigenvalue weighted by Crippen LogP contribution is 2.24. The van der Waals surface area contributed by atoms with Gasteiger partial charge in [-0.3, -0.25) is 4.79 Å². The fraction of sp³-hybridized carbons (Fsp3) is 0.263. The lowest BCUT2D eigenvalue weighted by molar-refractivity contribution is -0.120. The van der Waals surface area contributed by atoms with E-state index in [1.54, 1.807) is 18.3 Å². The minimum absolute atomic E-state index is 0.00876. The van der Waals surface area contributed by atoms with E-state index in [9.17, 15) is 9.18 Å². The zero-order valence-corrected chi connectivity index (χ0v) is 15.3. The standard InChI is InChI=1S/C19H18FN5OS/c20-15-5-3-13(4-6-15)16-7-8-17(24-23-16)25-10-1-2-14(12-25)18(26)22-19-21-9-11-27-19/h3-9,11,14H,1-2,10,12H2,(H,21,22,26). The third kappa shape index (κ3) is 4.11. The van der Waals surface area contributed by atoms with E-state index in [1.165, 1.54) is 23.5 Å². The van der Waals surface area contributed by atoms with Gasteiger partial charge in [-0.1, -0.05) is 0 Å². The van der Waals surface area contributed by atoms with Gasteiger partial charge in [-0.15, -0.1) is 21.5 Å². The van der Waals surface area contributed by atoms with Gasteiger partial charge in [0.25, 0.3) is 0 Å². The molecule has 0 spiro atoms. The lowest BCUT2D eigenvalue weighted by atomic mass is 9.97. The summed E-state index contributed by atoms with van der Waals surface area (Å²) in [6.07, 6.45) is 3.43. The van der Waals surface area contributed by atoms with Gasteiger partial charge in [0.05, 0.1) is 11.6 Å². The molecule has 0 aliphatic carbocycles. The Morgan fingerprint density at radius 1 is 1.19 bits per heavy atom. The Labute approximate surface area is 160 Å². The van der Waals surface area contributed by atoms with Crippen LogP contribution in [-0.4, -0.2) is 34.2 Å². The Morgan fingerprint density at radius 2 is 2.04 bits per heavy atom. The third-order valence-electron chi connectivity index (χ3n) is 4.57. The molecule has 27 heavy (non-hydrogen) atoms. The highest BCUT2D eigenvalue weighted by atomic mass is 32.1. The van der Waals surface area contributed by atoms with E-state index in [0.717, 1.165) is 30.8 Å². The lowest BCUT2D eigenvalue weighted by Crippen LogP contribution is -2.41. The van der Waals surface area contributed by atoms with Crippen molar-refractivity contribution in [3.63, 3.8) is 0 Å². The Balaban J connectivity index is 1.43. The van der Waals surface area contributed by atoms with Gasteiger partial charge in [0.2, 0.25) is 5.91 Å². The molecule has 1 aliphatic rings. The van der Waals surface area contributed by atoms with E-state index in [-0.39, 0.29) is 17.6 Å². The quantitative estimate of drug-likeness (QED) is 0.745. The van der Waals surface area contributed by atoms with Crippen LogP contribution in [0.15, 0.2) is 48.0 Å². The van der Waals surface area contributed by atoms with Crippen molar-refractivity contribution in [3.05, 3.63) is 53.8 Å². The van der Waals surface area contributed by atoms with Crippen LogP contribution in [0.25, 0.3) is 11.3 Å². The third-order valence-corrected chi connectivity index (χ3v) is 5.26. The van der Waals surface area contributed by atoms with Crippen LogP contribution in [0.5, 0.6) is 0 Å². The summed E-state index contributed by atoms with van der Waals surface area (Å²) in [5.74, 6) is 0.345. The Morgan fingerprint density at radius 3 is 2.74 bits per heavy atom. The largest absolute Gasteiger partial charge is 0.354 e. The van der Waals surface area contributed by atoms with Gasteiger partial charge in [-0.2, -0.15) is 0 Å². The first kappa shape index (κ1) is 17.5. The fourth-order valence-electron chi connectivity index (χ4n) is 3.16. The molecule has 138 valence electrons. The van der Waals surface area contributed by atoms with E-state index < -0.39 is 0 Å². The predicted octanol–water partition coefficient (Wildman–Crippen LogP) is 3.59. The van der Waals surface area contributed by atoms with Gasteiger partial charge < -0.3 is 10.2 Å². The van der Waals surface area contributed by atoms with Crippen LogP contribution >= 0.6 is 11.3 Å². The van der Waals surface area contributed by atoms with Gasteiger partial charge in [0, 0.05) is 30.2 Å². The number of piperidine rings is 1. The minimum atomic E-state index is -0.279. The molecule has 6 nitrogen and oxygen atoms in total. The molecule has 1 unspecified atom stereocenters. The number of carbonyl (C=O) groups excluding carboxylic acids is 1. The summed E-state index contributed by atoms with van der Waals surface area (Å²) < 4.78 is 13.1. The van der Waals surface area contributed by atoms with Gasteiger partial charge in [-0.25, -0.2) is 9.37 Å². The summed E-state index contributed by atoms with van der Waals surface area (Å²) in [5.41, 5.74) is 1.50. The summed E-state index contributed by atoms with van der Waals surface area (Å²) in [7, 11) is 0. The van der Waals surface area contributed by atoms with Crippen molar-refractivity contribution in [1.82, 2.24) is 15.2 Å². The molecular weight excluding hydrogens is 365 g/mol. The zero-order chi connectivity index (χ0) is 18.6. The van der Waals surface area contributed by atoms with Crippen molar-refractivity contribution < 1.29 is 9.18 Å². The highest BCUT2D eigenvalue weighted by Gasteiger charge is 2.27. The van der Waals surface area contributed by atoms with E-state index in [2.05, 4.69) is 25.4 Å². The number of nitrogens with one attached hydrogen (secondary N) is 1. The Kier molecular flexibility index (Phi) is 5.06. The first-order valence-electron chi connectivity index (χ1n) is 8.74. The van der Waals surface area contributed by atoms with E-state index >= 15 is 0 Å². The van der Waals surface area contributed by atoms with Crippen LogP contribution in [0, 0.1) is 11.7 Å². The molecule has 0 saturated carbocycles. The number of amides is 1. The van der Waals surface area contributed by atoms with Crippen LogP contribution in [0.4, 0.5) is 15.3 Å². The molecule has 0 radical (unpaired) electrons. The summed E-state index contributed by atoms with van der Waals surface area (Å²) in [4.78, 5) is 18.7. The van der Waals surface area contributed by atoms with E-state index in [1.807, 2.05) is 17.5 Å². The molecule has 1 amide bonds. The highest BCUT2D eigenvalue weighted by molar-refractivity contribution is 7.13. The normalized spacial score (nSPS) is 16.9. The molecule has 3 aromatic rings. The van der Waals surface area contributed by atoms with Gasteiger partial charge in [0.15, 0.2) is 10.9 Å². The number of hydrogen-bond donors (Lipinski definition) is 1. The number of carbonyl (C=O) groups is 1. The van der Waals surface area contributed by atoms with Crippen molar-refractivity contribution in [1.29, 1.82) is 0 Å². The Bertz CT molecular complexity index is 899. The number of rotatable bonds is 4. The molecule has 1 aliphatic heterocycles. The first-order valence-corrected chi connectivity index (χ1v) is 9.62. The van der Waals surface area contributed by atoms with Gasteiger partial charge >= 0.3 is 0 Å². The number of anilines is 2. The monoisotopic (exact) mass is 383 g/mol. The van der Waals surface area contributed by atoms with Crippen LogP contribution in [0.2, 0.25) is 0 Å². The predicted molar refractivity (Wildman–Crippen MR) is 103 cm³/mol. The second kappa shape index (κ2) is 7.79. The maximum Gasteiger partial charge on any atom is 0.231 e. The number of benzene rings is 1. The molecule has 1 N–H and O–H groups in total. The maximum absolute atomic E-state index is 13.1. The lowest BCUT2D eigenvalue weighted by Gasteiger charge is -2.32. The van der Waals surface area contributed by atoms with Crippen LogP contribution in [0.3, 0.4) is 0 Å². The molecule has 1 fully saturated rings.